The van der Waals surface area contributed by atoms with Gasteiger partial charge in [-0.1, -0.05) is 23.8 Å². The number of methoxy groups -OCH3 is 1. The standard InChI is InChI=1S/C16H26N2O/c1-12-4-5-14(13(2)8-12)11-18-7-6-16(19-3)9-15(18)10-17/h4-5,8,15-16H,6-7,9-11,17H2,1-3H3. The number of nitrogens with two attached hydrogens (primary N) is 1. The van der Waals surface area contributed by atoms with E-state index in [1.807, 2.05) is 0 Å². The van der Waals surface area contributed by atoms with Crippen molar-refractivity contribution >= 4 is 0 Å². The van der Waals surface area contributed by atoms with E-state index >= 15 is 0 Å². The number of ether oxygens (including phenoxy) is 1. The highest BCUT2D eigenvalue weighted by molar-refractivity contribution is 5.30. The summed E-state index contributed by atoms with van der Waals surface area (Å²) in [5, 5.41) is 0. The third kappa shape index (κ3) is 3.56. The van der Waals surface area contributed by atoms with Gasteiger partial charge in [-0.25, -0.2) is 0 Å². The smallest absolute Gasteiger partial charge is 0.0599 e. The van der Waals surface area contributed by atoms with Gasteiger partial charge in [-0.05, 0) is 37.8 Å². The molecular formula is C16H26N2O. The van der Waals surface area contributed by atoms with Gasteiger partial charge in [0.05, 0.1) is 6.10 Å². The summed E-state index contributed by atoms with van der Waals surface area (Å²) in [5.41, 5.74) is 10.1. The molecule has 1 fully saturated rings. The van der Waals surface area contributed by atoms with Crippen LogP contribution >= 0.6 is 0 Å². The Hall–Kier alpha value is -0.900. The summed E-state index contributed by atoms with van der Waals surface area (Å²) in [4.78, 5) is 2.51. The Morgan fingerprint density at radius 1 is 1.37 bits per heavy atom. The van der Waals surface area contributed by atoms with Gasteiger partial charge in [0.15, 0.2) is 0 Å². The first-order valence-corrected chi connectivity index (χ1v) is 7.17. The van der Waals surface area contributed by atoms with Gasteiger partial charge in [-0.15, -0.1) is 0 Å². The summed E-state index contributed by atoms with van der Waals surface area (Å²) in [6.07, 6.45) is 2.54. The van der Waals surface area contributed by atoms with E-state index in [2.05, 4.69) is 36.9 Å². The minimum absolute atomic E-state index is 0.379. The average Bonchev–Trinajstić information content (AvgIpc) is 2.42. The fourth-order valence-electron chi connectivity index (χ4n) is 2.97. The predicted octanol–water partition coefficient (Wildman–Crippen LogP) is 2.24. The third-order valence-corrected chi connectivity index (χ3v) is 4.27. The van der Waals surface area contributed by atoms with Crippen LogP contribution in [0.2, 0.25) is 0 Å². The zero-order valence-corrected chi connectivity index (χ0v) is 12.4. The number of piperidine rings is 1. The summed E-state index contributed by atoms with van der Waals surface area (Å²) in [6, 6.07) is 7.15. The lowest BCUT2D eigenvalue weighted by Crippen LogP contribution is -2.48. The van der Waals surface area contributed by atoms with Crippen molar-refractivity contribution in [3.05, 3.63) is 34.9 Å². The van der Waals surface area contributed by atoms with Gasteiger partial charge in [0.1, 0.15) is 0 Å². The van der Waals surface area contributed by atoms with Crippen molar-refractivity contribution in [1.29, 1.82) is 0 Å². The van der Waals surface area contributed by atoms with Crippen molar-refractivity contribution in [3.8, 4) is 0 Å². The monoisotopic (exact) mass is 262 g/mol. The molecule has 1 aromatic rings. The molecule has 0 bridgehead atoms. The summed E-state index contributed by atoms with van der Waals surface area (Å²) < 4.78 is 5.48. The molecule has 3 nitrogen and oxygen atoms in total. The molecule has 2 unspecified atom stereocenters. The Morgan fingerprint density at radius 3 is 2.79 bits per heavy atom. The van der Waals surface area contributed by atoms with Gasteiger partial charge < -0.3 is 10.5 Å². The van der Waals surface area contributed by atoms with Crippen LogP contribution in [0.15, 0.2) is 18.2 Å². The fraction of sp³-hybridized carbons (Fsp3) is 0.625. The van der Waals surface area contributed by atoms with Crippen molar-refractivity contribution in [2.75, 3.05) is 20.2 Å². The Bertz CT molecular complexity index is 419. The third-order valence-electron chi connectivity index (χ3n) is 4.27. The molecule has 1 aliphatic heterocycles. The molecule has 1 saturated heterocycles. The molecule has 0 aromatic heterocycles. The van der Waals surface area contributed by atoms with Gasteiger partial charge in [0, 0.05) is 32.8 Å². The maximum absolute atomic E-state index is 5.93. The molecule has 2 atom stereocenters. The highest BCUT2D eigenvalue weighted by Gasteiger charge is 2.27. The zero-order chi connectivity index (χ0) is 13.8. The van der Waals surface area contributed by atoms with E-state index in [4.69, 9.17) is 10.5 Å². The normalized spacial score (nSPS) is 24.6. The Morgan fingerprint density at radius 2 is 2.16 bits per heavy atom. The van der Waals surface area contributed by atoms with E-state index in [1.54, 1.807) is 7.11 Å². The van der Waals surface area contributed by atoms with Gasteiger partial charge in [-0.2, -0.15) is 0 Å². The molecular weight excluding hydrogens is 236 g/mol. The lowest BCUT2D eigenvalue weighted by molar-refractivity contribution is 0.0102. The van der Waals surface area contributed by atoms with Crippen LogP contribution in [0.1, 0.15) is 29.5 Å². The van der Waals surface area contributed by atoms with Crippen molar-refractivity contribution in [2.24, 2.45) is 5.73 Å². The first-order chi connectivity index (χ1) is 9.13. The quantitative estimate of drug-likeness (QED) is 0.904. The van der Waals surface area contributed by atoms with Crippen LogP contribution in [-0.4, -0.2) is 37.2 Å². The molecule has 1 aliphatic rings. The predicted molar refractivity (Wildman–Crippen MR) is 79.2 cm³/mol. The second kappa shape index (κ2) is 6.51. The molecule has 0 saturated carbocycles. The van der Waals surface area contributed by atoms with Crippen LogP contribution in [-0.2, 0) is 11.3 Å². The highest BCUT2D eigenvalue weighted by Crippen LogP contribution is 2.22. The first kappa shape index (κ1) is 14.5. The minimum Gasteiger partial charge on any atom is -0.381 e. The number of rotatable bonds is 4. The van der Waals surface area contributed by atoms with E-state index in [0.717, 1.165) is 25.9 Å². The van der Waals surface area contributed by atoms with Gasteiger partial charge in [0.2, 0.25) is 0 Å². The summed E-state index contributed by atoms with van der Waals surface area (Å²) in [5.74, 6) is 0. The lowest BCUT2D eigenvalue weighted by atomic mass is 9.97. The van der Waals surface area contributed by atoms with Crippen molar-refractivity contribution in [3.63, 3.8) is 0 Å². The van der Waals surface area contributed by atoms with Crippen LogP contribution in [0.25, 0.3) is 0 Å². The SMILES string of the molecule is COC1CCN(Cc2ccc(C)cc2C)C(CN)C1. The molecule has 19 heavy (non-hydrogen) atoms. The van der Waals surface area contributed by atoms with Crippen molar-refractivity contribution in [1.82, 2.24) is 4.90 Å². The van der Waals surface area contributed by atoms with E-state index in [9.17, 15) is 0 Å². The van der Waals surface area contributed by atoms with E-state index in [0.29, 0.717) is 18.7 Å². The molecule has 1 heterocycles. The average molecular weight is 262 g/mol. The molecule has 2 rings (SSSR count). The Labute approximate surface area is 116 Å². The summed E-state index contributed by atoms with van der Waals surface area (Å²) in [7, 11) is 1.80. The molecule has 0 aliphatic carbocycles. The van der Waals surface area contributed by atoms with E-state index < -0.39 is 0 Å². The Kier molecular flexibility index (Phi) is 4.97. The molecule has 0 amide bonds. The van der Waals surface area contributed by atoms with Gasteiger partial charge in [-0.3, -0.25) is 4.90 Å². The molecule has 0 radical (unpaired) electrons. The van der Waals surface area contributed by atoms with Crippen LogP contribution in [0.5, 0.6) is 0 Å². The number of hydrogen-bond donors (Lipinski definition) is 1. The number of likely N-dealkylation sites (tertiary alicyclic amines) is 1. The zero-order valence-electron chi connectivity index (χ0n) is 12.4. The highest BCUT2D eigenvalue weighted by atomic mass is 16.5. The largest absolute Gasteiger partial charge is 0.381 e. The van der Waals surface area contributed by atoms with Crippen molar-refractivity contribution in [2.45, 2.75) is 45.4 Å². The van der Waals surface area contributed by atoms with Crippen LogP contribution < -0.4 is 5.73 Å². The second-order valence-electron chi connectivity index (χ2n) is 5.67. The number of nitrogens with zero attached hydrogens (tertiary/aromatic N) is 1. The maximum atomic E-state index is 5.93. The maximum Gasteiger partial charge on any atom is 0.0599 e. The van der Waals surface area contributed by atoms with Crippen LogP contribution in [0.3, 0.4) is 0 Å². The molecule has 1 aromatic carbocycles. The van der Waals surface area contributed by atoms with Crippen LogP contribution in [0, 0.1) is 13.8 Å². The molecule has 106 valence electrons. The first-order valence-electron chi connectivity index (χ1n) is 7.17. The number of hydrogen-bond acceptors (Lipinski definition) is 3. The van der Waals surface area contributed by atoms with Gasteiger partial charge >= 0.3 is 0 Å². The Balaban J connectivity index is 2.05. The second-order valence-corrected chi connectivity index (χ2v) is 5.67. The molecule has 2 N–H and O–H groups in total. The van der Waals surface area contributed by atoms with Gasteiger partial charge in [0.25, 0.3) is 0 Å². The number of aryl methyl sites for hydroxylation is 2. The fourth-order valence-corrected chi connectivity index (χ4v) is 2.97. The molecule has 3 heteroatoms. The van der Waals surface area contributed by atoms with E-state index in [-0.39, 0.29) is 0 Å². The van der Waals surface area contributed by atoms with Crippen molar-refractivity contribution < 1.29 is 4.74 Å². The topological polar surface area (TPSA) is 38.5 Å². The minimum atomic E-state index is 0.379. The lowest BCUT2D eigenvalue weighted by Gasteiger charge is -2.38. The van der Waals surface area contributed by atoms with E-state index in [1.165, 1.54) is 16.7 Å². The summed E-state index contributed by atoms with van der Waals surface area (Å²) >= 11 is 0. The van der Waals surface area contributed by atoms with Crippen LogP contribution in [0.4, 0.5) is 0 Å². The molecule has 0 spiro atoms. The number of benzene rings is 1. The summed E-state index contributed by atoms with van der Waals surface area (Å²) in [6.45, 7) is 7.13.